The maximum atomic E-state index is 13.1. The molecule has 3 aromatic rings. The monoisotopic (exact) mass is 371 g/mol. The van der Waals surface area contributed by atoms with Crippen LogP contribution in [-0.2, 0) is 12.8 Å². The molecular formula is C26H29NO. The molecule has 0 saturated heterocycles. The second-order valence-electron chi connectivity index (χ2n) is 7.44. The van der Waals surface area contributed by atoms with E-state index < -0.39 is 0 Å². The van der Waals surface area contributed by atoms with E-state index >= 15 is 0 Å². The Labute approximate surface area is 168 Å². The molecule has 144 valence electrons. The van der Waals surface area contributed by atoms with Crippen molar-refractivity contribution in [2.75, 3.05) is 0 Å². The largest absolute Gasteiger partial charge is 0.345 e. The van der Waals surface area contributed by atoms with Gasteiger partial charge in [0.2, 0.25) is 0 Å². The summed E-state index contributed by atoms with van der Waals surface area (Å²) in [5.41, 5.74) is 6.84. The van der Waals surface area contributed by atoms with Gasteiger partial charge in [-0.1, -0.05) is 79.2 Å². The maximum absolute atomic E-state index is 13.1. The zero-order valence-electron chi connectivity index (χ0n) is 17.0. The molecule has 0 heterocycles. The summed E-state index contributed by atoms with van der Waals surface area (Å²) < 4.78 is 0. The van der Waals surface area contributed by atoms with Gasteiger partial charge in [0.05, 0.1) is 6.04 Å². The highest BCUT2D eigenvalue weighted by Crippen LogP contribution is 2.23. The van der Waals surface area contributed by atoms with Crippen LogP contribution >= 0.6 is 0 Å². The second-order valence-corrected chi connectivity index (χ2v) is 7.44. The van der Waals surface area contributed by atoms with Gasteiger partial charge in [-0.3, -0.25) is 4.79 Å². The lowest BCUT2D eigenvalue weighted by atomic mass is 9.96. The molecule has 0 bridgehead atoms. The lowest BCUT2D eigenvalue weighted by molar-refractivity contribution is 0.0934. The van der Waals surface area contributed by atoms with Crippen molar-refractivity contribution in [1.82, 2.24) is 5.32 Å². The molecule has 0 radical (unpaired) electrons. The molecular weight excluding hydrogens is 342 g/mol. The Balaban J connectivity index is 1.76. The zero-order chi connectivity index (χ0) is 19.9. The number of benzene rings is 3. The molecule has 0 fully saturated rings. The van der Waals surface area contributed by atoms with Gasteiger partial charge < -0.3 is 5.32 Å². The fourth-order valence-corrected chi connectivity index (χ4v) is 3.74. The van der Waals surface area contributed by atoms with Gasteiger partial charge >= 0.3 is 0 Å². The van der Waals surface area contributed by atoms with E-state index in [1.807, 2.05) is 24.3 Å². The van der Waals surface area contributed by atoms with Crippen molar-refractivity contribution in [2.45, 2.75) is 46.1 Å². The topological polar surface area (TPSA) is 29.1 Å². The normalized spacial score (nSPS) is 11.8. The van der Waals surface area contributed by atoms with E-state index in [0.717, 1.165) is 30.4 Å². The van der Waals surface area contributed by atoms with Crippen molar-refractivity contribution in [3.8, 4) is 0 Å². The van der Waals surface area contributed by atoms with E-state index in [1.54, 1.807) is 0 Å². The number of carbonyl (C=O) groups is 1. The highest BCUT2D eigenvalue weighted by Gasteiger charge is 2.18. The van der Waals surface area contributed by atoms with E-state index in [4.69, 9.17) is 0 Å². The molecule has 2 nitrogen and oxygen atoms in total. The predicted octanol–water partition coefficient (Wildman–Crippen LogP) is 5.97. The Hall–Kier alpha value is -2.87. The molecule has 1 atom stereocenters. The van der Waals surface area contributed by atoms with Crippen LogP contribution in [0.2, 0.25) is 0 Å². The first-order chi connectivity index (χ1) is 13.6. The first kappa shape index (κ1) is 19.9. The predicted molar refractivity (Wildman–Crippen MR) is 117 cm³/mol. The summed E-state index contributed by atoms with van der Waals surface area (Å²) in [6.07, 6.45) is 2.65. The molecule has 3 rings (SSSR count). The molecule has 0 spiro atoms. The number of amides is 1. The molecule has 2 heteroatoms. The molecule has 0 aliphatic rings. The number of hydrogen-bond acceptors (Lipinski definition) is 1. The molecule has 3 aromatic carbocycles. The SMILES string of the molecule is CCC(NC(=O)c1ccccc1CCc1ccccc1)c1ccc(C)cc1C. The van der Waals surface area contributed by atoms with Gasteiger partial charge in [-0.25, -0.2) is 0 Å². The highest BCUT2D eigenvalue weighted by atomic mass is 16.1. The van der Waals surface area contributed by atoms with Crippen LogP contribution in [0.25, 0.3) is 0 Å². The summed E-state index contributed by atoms with van der Waals surface area (Å²) >= 11 is 0. The third kappa shape index (κ3) is 4.89. The van der Waals surface area contributed by atoms with Crippen molar-refractivity contribution in [3.05, 3.63) is 106 Å². The summed E-state index contributed by atoms with van der Waals surface area (Å²) in [5, 5.41) is 3.26. The minimum Gasteiger partial charge on any atom is -0.345 e. The third-order valence-corrected chi connectivity index (χ3v) is 5.30. The molecule has 1 N–H and O–H groups in total. The number of nitrogens with one attached hydrogen (secondary N) is 1. The van der Waals surface area contributed by atoms with E-state index in [1.165, 1.54) is 22.3 Å². The number of hydrogen-bond donors (Lipinski definition) is 1. The van der Waals surface area contributed by atoms with Gasteiger partial charge in [0, 0.05) is 5.56 Å². The molecule has 0 saturated carbocycles. The van der Waals surface area contributed by atoms with Gasteiger partial charge in [0.25, 0.3) is 5.91 Å². The van der Waals surface area contributed by atoms with E-state index in [-0.39, 0.29) is 11.9 Å². The Morgan fingerprint density at radius 1 is 0.893 bits per heavy atom. The summed E-state index contributed by atoms with van der Waals surface area (Å²) in [6.45, 7) is 6.33. The van der Waals surface area contributed by atoms with Crippen molar-refractivity contribution < 1.29 is 4.79 Å². The van der Waals surface area contributed by atoms with Crippen LogP contribution in [0.15, 0.2) is 72.8 Å². The van der Waals surface area contributed by atoms with Crippen LogP contribution in [0, 0.1) is 13.8 Å². The number of aryl methyl sites for hydroxylation is 4. The first-order valence-corrected chi connectivity index (χ1v) is 10.1. The van der Waals surface area contributed by atoms with Crippen LogP contribution in [-0.4, -0.2) is 5.91 Å². The van der Waals surface area contributed by atoms with Crippen molar-refractivity contribution >= 4 is 5.91 Å². The van der Waals surface area contributed by atoms with Crippen molar-refractivity contribution in [3.63, 3.8) is 0 Å². The van der Waals surface area contributed by atoms with Gasteiger partial charge in [0.15, 0.2) is 0 Å². The van der Waals surface area contributed by atoms with Crippen LogP contribution in [0.3, 0.4) is 0 Å². The van der Waals surface area contributed by atoms with Crippen LogP contribution < -0.4 is 5.32 Å². The first-order valence-electron chi connectivity index (χ1n) is 10.1. The summed E-state index contributed by atoms with van der Waals surface area (Å²) in [5.74, 6) is 0.00971. The highest BCUT2D eigenvalue weighted by molar-refractivity contribution is 5.96. The van der Waals surface area contributed by atoms with Crippen LogP contribution in [0.4, 0.5) is 0 Å². The average Bonchev–Trinajstić information content (AvgIpc) is 2.72. The molecule has 0 aliphatic carbocycles. The summed E-state index contributed by atoms with van der Waals surface area (Å²) in [4.78, 5) is 13.1. The summed E-state index contributed by atoms with van der Waals surface area (Å²) in [6, 6.07) is 24.8. The van der Waals surface area contributed by atoms with E-state index in [0.29, 0.717) is 0 Å². The minimum absolute atomic E-state index is 0.00971. The lowest BCUT2D eigenvalue weighted by Crippen LogP contribution is -2.29. The fraction of sp³-hybridized carbons (Fsp3) is 0.269. The van der Waals surface area contributed by atoms with Crippen LogP contribution in [0.5, 0.6) is 0 Å². The molecule has 0 aliphatic heterocycles. The minimum atomic E-state index is 0.00971. The Bertz CT molecular complexity index is 930. The van der Waals surface area contributed by atoms with E-state index in [9.17, 15) is 4.79 Å². The average molecular weight is 372 g/mol. The maximum Gasteiger partial charge on any atom is 0.252 e. The van der Waals surface area contributed by atoms with Gasteiger partial charge in [-0.15, -0.1) is 0 Å². The van der Waals surface area contributed by atoms with Gasteiger partial charge in [-0.05, 0) is 61.4 Å². The quantitative estimate of drug-likeness (QED) is 0.545. The molecule has 0 aromatic heterocycles. The molecule has 1 unspecified atom stereocenters. The fourth-order valence-electron chi connectivity index (χ4n) is 3.74. The number of carbonyl (C=O) groups excluding carboxylic acids is 1. The van der Waals surface area contributed by atoms with Gasteiger partial charge in [-0.2, -0.15) is 0 Å². The molecule has 1 amide bonds. The van der Waals surface area contributed by atoms with Crippen LogP contribution in [0.1, 0.15) is 57.6 Å². The second kappa shape index (κ2) is 9.36. The number of rotatable bonds is 7. The Morgan fingerprint density at radius 2 is 1.61 bits per heavy atom. The third-order valence-electron chi connectivity index (χ3n) is 5.30. The van der Waals surface area contributed by atoms with Crippen molar-refractivity contribution in [1.29, 1.82) is 0 Å². The molecule has 28 heavy (non-hydrogen) atoms. The summed E-state index contributed by atoms with van der Waals surface area (Å²) in [7, 11) is 0. The van der Waals surface area contributed by atoms with Crippen molar-refractivity contribution in [2.24, 2.45) is 0 Å². The Morgan fingerprint density at radius 3 is 2.32 bits per heavy atom. The standard InChI is InChI=1S/C26H29NO/c1-4-25(23-17-14-19(2)18-20(23)3)27-26(28)24-13-9-8-12-22(24)16-15-21-10-6-5-7-11-21/h5-14,17-18,25H,4,15-16H2,1-3H3,(H,27,28). The lowest BCUT2D eigenvalue weighted by Gasteiger charge is -2.21. The van der Waals surface area contributed by atoms with E-state index in [2.05, 4.69) is 74.6 Å². The smallest absolute Gasteiger partial charge is 0.252 e. The Kier molecular flexibility index (Phi) is 6.65. The van der Waals surface area contributed by atoms with Gasteiger partial charge in [0.1, 0.15) is 0 Å². The zero-order valence-corrected chi connectivity index (χ0v) is 17.0.